The number of fused-ring (bicyclic) bond motifs is 6. The van der Waals surface area contributed by atoms with Crippen LogP contribution in [0.4, 0.5) is 11.4 Å². The second-order valence-corrected chi connectivity index (χ2v) is 8.69. The average molecular weight is 355 g/mol. The second-order valence-electron chi connectivity index (χ2n) is 8.28. The summed E-state index contributed by atoms with van der Waals surface area (Å²) >= 11 is 6.84. The van der Waals surface area contributed by atoms with Crippen molar-refractivity contribution in [3.63, 3.8) is 0 Å². The number of nitrogens with zero attached hydrogens (tertiary/aromatic N) is 2. The predicted molar refractivity (Wildman–Crippen MR) is 109 cm³/mol. The molecule has 0 radical (unpaired) electrons. The summed E-state index contributed by atoms with van der Waals surface area (Å²) in [6.45, 7) is 8.91. The van der Waals surface area contributed by atoms with E-state index in [0.717, 1.165) is 18.1 Å². The lowest BCUT2D eigenvalue weighted by Crippen LogP contribution is -2.47. The Hall–Kier alpha value is -1.67. The van der Waals surface area contributed by atoms with Gasteiger partial charge in [-0.05, 0) is 42.0 Å². The molecule has 2 aromatic carbocycles. The van der Waals surface area contributed by atoms with Gasteiger partial charge in [0.2, 0.25) is 0 Å². The molecular weight excluding hydrogens is 328 g/mol. The monoisotopic (exact) mass is 354 g/mol. The minimum Gasteiger partial charge on any atom is -0.285 e. The molecule has 2 nitrogen and oxygen atoms in total. The molecule has 0 saturated carbocycles. The number of halogens is 1. The Morgan fingerprint density at radius 3 is 2.16 bits per heavy atom. The SMILES string of the molecule is CC(C)(C)c1cc(Cl)c2c(c1)N1CCCCCCN1c1ccccc1-2. The fourth-order valence-electron chi connectivity index (χ4n) is 4.02. The molecule has 0 aromatic heterocycles. The summed E-state index contributed by atoms with van der Waals surface area (Å²) in [7, 11) is 0. The molecule has 4 rings (SSSR count). The molecule has 1 saturated heterocycles. The smallest absolute Gasteiger partial charge is 0.0671 e. The van der Waals surface area contributed by atoms with Crippen molar-refractivity contribution < 1.29 is 0 Å². The van der Waals surface area contributed by atoms with E-state index in [9.17, 15) is 0 Å². The zero-order valence-corrected chi connectivity index (χ0v) is 16.2. The van der Waals surface area contributed by atoms with Crippen molar-refractivity contribution in [3.05, 3.63) is 47.0 Å². The molecule has 132 valence electrons. The molecule has 0 N–H and O–H groups in total. The van der Waals surface area contributed by atoms with Crippen molar-refractivity contribution in [2.75, 3.05) is 23.1 Å². The lowest BCUT2D eigenvalue weighted by atomic mass is 9.84. The lowest BCUT2D eigenvalue weighted by molar-refractivity contribution is 0.553. The Bertz CT molecular complexity index is 791. The third kappa shape index (κ3) is 2.91. The van der Waals surface area contributed by atoms with Crippen LogP contribution in [0.25, 0.3) is 11.1 Å². The van der Waals surface area contributed by atoms with Crippen LogP contribution in [0.15, 0.2) is 36.4 Å². The van der Waals surface area contributed by atoms with E-state index < -0.39 is 0 Å². The number of hydrogen-bond acceptors (Lipinski definition) is 2. The van der Waals surface area contributed by atoms with Gasteiger partial charge in [-0.15, -0.1) is 0 Å². The average Bonchev–Trinajstić information content (AvgIpc) is 2.53. The summed E-state index contributed by atoms with van der Waals surface area (Å²) in [5.41, 5.74) is 6.42. The van der Waals surface area contributed by atoms with E-state index in [-0.39, 0.29) is 5.41 Å². The fraction of sp³-hybridized carbons (Fsp3) is 0.455. The van der Waals surface area contributed by atoms with Gasteiger partial charge in [-0.3, -0.25) is 10.0 Å². The predicted octanol–water partition coefficient (Wildman–Crippen LogP) is 6.42. The Balaban J connectivity index is 1.95. The Kier molecular flexibility index (Phi) is 4.19. The minimum atomic E-state index is 0.0865. The second kappa shape index (κ2) is 6.25. The highest BCUT2D eigenvalue weighted by atomic mass is 35.5. The van der Waals surface area contributed by atoms with E-state index in [2.05, 4.69) is 67.2 Å². The number of benzene rings is 2. The molecule has 2 aliphatic heterocycles. The summed E-state index contributed by atoms with van der Waals surface area (Å²) in [6, 6.07) is 13.2. The number of anilines is 2. The first-order valence-corrected chi connectivity index (χ1v) is 9.83. The summed E-state index contributed by atoms with van der Waals surface area (Å²) in [4.78, 5) is 0. The molecule has 2 aromatic rings. The first-order chi connectivity index (χ1) is 12.0. The molecule has 0 amide bonds. The third-order valence-corrected chi connectivity index (χ3v) is 5.74. The van der Waals surface area contributed by atoms with Gasteiger partial charge in [-0.2, -0.15) is 0 Å². The topological polar surface area (TPSA) is 6.48 Å². The van der Waals surface area contributed by atoms with Crippen molar-refractivity contribution in [2.45, 2.75) is 51.9 Å². The maximum Gasteiger partial charge on any atom is 0.0671 e. The zero-order valence-electron chi connectivity index (χ0n) is 15.5. The number of rotatable bonds is 0. The number of para-hydroxylation sites is 1. The van der Waals surface area contributed by atoms with E-state index in [4.69, 9.17) is 11.6 Å². The van der Waals surface area contributed by atoms with Gasteiger partial charge in [0.05, 0.1) is 16.4 Å². The Labute approximate surface area is 156 Å². The van der Waals surface area contributed by atoms with Crippen LogP contribution < -0.4 is 10.0 Å². The van der Waals surface area contributed by atoms with Crippen LogP contribution in [-0.4, -0.2) is 13.1 Å². The van der Waals surface area contributed by atoms with Crippen LogP contribution in [0.5, 0.6) is 0 Å². The lowest BCUT2D eigenvalue weighted by Gasteiger charge is -2.45. The summed E-state index contributed by atoms with van der Waals surface area (Å²) < 4.78 is 0. The van der Waals surface area contributed by atoms with Crippen LogP contribution in [0.3, 0.4) is 0 Å². The maximum absolute atomic E-state index is 6.84. The van der Waals surface area contributed by atoms with Gasteiger partial charge >= 0.3 is 0 Å². The van der Waals surface area contributed by atoms with Crippen LogP contribution in [0.2, 0.25) is 5.02 Å². The summed E-state index contributed by atoms with van der Waals surface area (Å²) in [5, 5.41) is 5.84. The van der Waals surface area contributed by atoms with Gasteiger partial charge < -0.3 is 0 Å². The third-order valence-electron chi connectivity index (χ3n) is 5.45. The highest BCUT2D eigenvalue weighted by Gasteiger charge is 2.31. The molecule has 0 aliphatic carbocycles. The molecule has 0 bridgehead atoms. The van der Waals surface area contributed by atoms with Crippen molar-refractivity contribution in [1.29, 1.82) is 0 Å². The first-order valence-electron chi connectivity index (χ1n) is 9.45. The van der Waals surface area contributed by atoms with Crippen molar-refractivity contribution in [2.24, 2.45) is 0 Å². The molecule has 0 spiro atoms. The zero-order chi connectivity index (χ0) is 17.6. The van der Waals surface area contributed by atoms with E-state index in [1.807, 2.05) is 0 Å². The molecule has 2 aliphatic rings. The molecule has 0 unspecified atom stereocenters. The first kappa shape index (κ1) is 16.8. The van der Waals surface area contributed by atoms with Gasteiger partial charge in [-0.25, -0.2) is 0 Å². The van der Waals surface area contributed by atoms with Gasteiger partial charge in [-0.1, -0.05) is 63.4 Å². The van der Waals surface area contributed by atoms with Crippen LogP contribution in [-0.2, 0) is 5.41 Å². The van der Waals surface area contributed by atoms with Crippen LogP contribution in [0.1, 0.15) is 52.0 Å². The normalized spacial score (nSPS) is 17.3. The highest BCUT2D eigenvalue weighted by Crippen LogP contribution is 2.49. The van der Waals surface area contributed by atoms with Gasteiger partial charge in [0, 0.05) is 24.2 Å². The molecular formula is C22H27ClN2. The van der Waals surface area contributed by atoms with Gasteiger partial charge in [0.15, 0.2) is 0 Å². The molecule has 0 atom stereocenters. The van der Waals surface area contributed by atoms with Gasteiger partial charge in [0.25, 0.3) is 0 Å². The largest absolute Gasteiger partial charge is 0.285 e. The quantitative estimate of drug-likeness (QED) is 0.538. The van der Waals surface area contributed by atoms with E-state index in [0.29, 0.717) is 0 Å². The molecule has 1 fully saturated rings. The standard InChI is InChI=1S/C22H27ClN2/c1-22(2,3)16-14-18(23)21-17-10-6-7-11-19(17)24-12-8-4-5-9-13-25(24)20(21)15-16/h6-7,10-11,14-15H,4-5,8-9,12-13H2,1-3H3. The van der Waals surface area contributed by atoms with Crippen LogP contribution >= 0.6 is 11.6 Å². The summed E-state index contributed by atoms with van der Waals surface area (Å²) in [6.07, 6.45) is 5.11. The molecule has 2 heterocycles. The number of hydrazine groups is 1. The molecule has 25 heavy (non-hydrogen) atoms. The van der Waals surface area contributed by atoms with Crippen LogP contribution in [0, 0.1) is 0 Å². The van der Waals surface area contributed by atoms with Gasteiger partial charge in [0.1, 0.15) is 0 Å². The Morgan fingerprint density at radius 1 is 0.840 bits per heavy atom. The highest BCUT2D eigenvalue weighted by molar-refractivity contribution is 6.34. The van der Waals surface area contributed by atoms with Crippen molar-refractivity contribution in [1.82, 2.24) is 0 Å². The van der Waals surface area contributed by atoms with E-state index in [1.54, 1.807) is 0 Å². The fourth-order valence-corrected chi connectivity index (χ4v) is 4.34. The minimum absolute atomic E-state index is 0.0865. The Morgan fingerprint density at radius 2 is 1.48 bits per heavy atom. The molecule has 3 heteroatoms. The van der Waals surface area contributed by atoms with E-state index >= 15 is 0 Å². The van der Waals surface area contributed by atoms with Crippen molar-refractivity contribution in [3.8, 4) is 11.1 Å². The number of hydrogen-bond donors (Lipinski definition) is 0. The summed E-state index contributed by atoms with van der Waals surface area (Å²) in [5.74, 6) is 0. The maximum atomic E-state index is 6.84. The van der Waals surface area contributed by atoms with Crippen molar-refractivity contribution >= 4 is 23.0 Å². The van der Waals surface area contributed by atoms with E-state index in [1.165, 1.54) is 53.7 Å².